The molecule has 0 unspecified atom stereocenters. The molecule has 2 N–H and O–H groups in total. The van der Waals surface area contributed by atoms with Crippen molar-refractivity contribution in [2.45, 2.75) is 25.6 Å². The Labute approximate surface area is 110 Å². The molecule has 0 bridgehead atoms. The molecule has 2 aromatic rings. The van der Waals surface area contributed by atoms with E-state index in [9.17, 15) is 9.90 Å². The molecule has 0 spiro atoms. The minimum atomic E-state index is -1.52. The number of imidazole rings is 1. The van der Waals surface area contributed by atoms with Gasteiger partial charge in [-0.15, -0.1) is 0 Å². The first kappa shape index (κ1) is 11.9. The fraction of sp³-hybridized carbons (Fsp3) is 0.286. The van der Waals surface area contributed by atoms with E-state index in [0.717, 1.165) is 0 Å². The Hall–Kier alpha value is -2.14. The second kappa shape index (κ2) is 3.93. The monoisotopic (exact) mass is 257 g/mol. The fourth-order valence-corrected chi connectivity index (χ4v) is 2.69. The summed E-state index contributed by atoms with van der Waals surface area (Å²) in [7, 11) is 0. The number of H-pyrrole nitrogens is 1. The number of amides is 1. The minimum absolute atomic E-state index is 0.144. The van der Waals surface area contributed by atoms with E-state index in [4.69, 9.17) is 0 Å². The molecular formula is C14H15N3O2. The highest BCUT2D eigenvalue weighted by Gasteiger charge is 2.52. The largest absolute Gasteiger partial charge is 0.361 e. The second-order valence-corrected chi connectivity index (χ2v) is 4.92. The molecule has 2 heterocycles. The number of nitrogens with zero attached hydrogens (tertiary/aromatic N) is 2. The Morgan fingerprint density at radius 2 is 2.11 bits per heavy atom. The van der Waals surface area contributed by atoms with E-state index in [1.807, 2.05) is 19.9 Å². The molecule has 5 heteroatoms. The van der Waals surface area contributed by atoms with Crippen molar-refractivity contribution >= 4 is 5.91 Å². The summed E-state index contributed by atoms with van der Waals surface area (Å²) in [6.07, 6.45) is 3.20. The first-order chi connectivity index (χ1) is 9.06. The predicted octanol–water partition coefficient (Wildman–Crippen LogP) is 1.47. The normalized spacial score (nSPS) is 22.1. The maximum Gasteiger partial charge on any atom is 0.257 e. The van der Waals surface area contributed by atoms with Crippen LogP contribution in [0, 0.1) is 0 Å². The Balaban J connectivity index is 2.28. The molecule has 98 valence electrons. The minimum Gasteiger partial charge on any atom is -0.361 e. The number of carbonyl (C=O) groups is 1. The van der Waals surface area contributed by atoms with Gasteiger partial charge < -0.3 is 10.1 Å². The van der Waals surface area contributed by atoms with Gasteiger partial charge in [0.05, 0.1) is 0 Å². The number of nitrogens with one attached hydrogen (secondary N) is 1. The highest BCUT2D eigenvalue weighted by Crippen LogP contribution is 2.41. The van der Waals surface area contributed by atoms with Crippen molar-refractivity contribution in [3.8, 4) is 0 Å². The molecule has 0 radical (unpaired) electrons. The van der Waals surface area contributed by atoms with Gasteiger partial charge in [-0.1, -0.05) is 18.2 Å². The van der Waals surface area contributed by atoms with Crippen LogP contribution in [0.2, 0.25) is 0 Å². The van der Waals surface area contributed by atoms with Gasteiger partial charge in [-0.05, 0) is 19.9 Å². The lowest BCUT2D eigenvalue weighted by Gasteiger charge is -2.35. The summed E-state index contributed by atoms with van der Waals surface area (Å²) in [6.45, 7) is 3.75. The van der Waals surface area contributed by atoms with Gasteiger partial charge in [-0.25, -0.2) is 4.98 Å². The van der Waals surface area contributed by atoms with Gasteiger partial charge in [0.15, 0.2) is 5.82 Å². The summed E-state index contributed by atoms with van der Waals surface area (Å²) in [5.41, 5.74) is -0.426. The van der Waals surface area contributed by atoms with Gasteiger partial charge in [0.1, 0.15) is 0 Å². The molecule has 3 rings (SSSR count). The number of hydrogen-bond donors (Lipinski definition) is 2. The van der Waals surface area contributed by atoms with Gasteiger partial charge in [0, 0.05) is 29.6 Å². The number of carbonyl (C=O) groups excluding carboxylic acids is 1. The van der Waals surface area contributed by atoms with Crippen LogP contribution < -0.4 is 0 Å². The van der Waals surface area contributed by atoms with Crippen LogP contribution in [0.25, 0.3) is 0 Å². The molecule has 1 aliphatic heterocycles. The standard InChI is InChI=1S/C14H15N3O2/c1-9(2)17-12(18)10-5-3-4-6-11(10)14(17,19)13-15-7-8-16-13/h3-9,19H,1-2H3,(H,15,16)/t14-/m0/s1. The second-order valence-electron chi connectivity index (χ2n) is 4.92. The van der Waals surface area contributed by atoms with Gasteiger partial charge in [0.25, 0.3) is 5.91 Å². The first-order valence-corrected chi connectivity index (χ1v) is 6.22. The number of aliphatic hydroxyl groups is 1. The summed E-state index contributed by atoms with van der Waals surface area (Å²) in [4.78, 5) is 21.0. The first-order valence-electron chi connectivity index (χ1n) is 6.22. The maximum atomic E-state index is 12.5. The third kappa shape index (κ3) is 1.45. The lowest BCUT2D eigenvalue weighted by atomic mass is 10.0. The van der Waals surface area contributed by atoms with Crippen molar-refractivity contribution in [1.82, 2.24) is 14.9 Å². The number of fused-ring (bicyclic) bond motifs is 1. The lowest BCUT2D eigenvalue weighted by molar-refractivity contribution is -0.0694. The van der Waals surface area contributed by atoms with Gasteiger partial charge >= 0.3 is 0 Å². The topological polar surface area (TPSA) is 69.2 Å². The van der Waals surface area contributed by atoms with E-state index in [1.54, 1.807) is 30.6 Å². The molecule has 1 aliphatic rings. The van der Waals surface area contributed by atoms with Crippen molar-refractivity contribution in [2.75, 3.05) is 0 Å². The summed E-state index contributed by atoms with van der Waals surface area (Å²) < 4.78 is 0. The summed E-state index contributed by atoms with van der Waals surface area (Å²) in [5.74, 6) is 0.184. The summed E-state index contributed by atoms with van der Waals surface area (Å²) in [5, 5.41) is 11.1. The highest BCUT2D eigenvalue weighted by atomic mass is 16.3. The van der Waals surface area contributed by atoms with E-state index in [0.29, 0.717) is 17.0 Å². The van der Waals surface area contributed by atoms with Crippen molar-refractivity contribution in [3.05, 3.63) is 53.6 Å². The van der Waals surface area contributed by atoms with Crippen LogP contribution in [0.5, 0.6) is 0 Å². The van der Waals surface area contributed by atoms with Crippen molar-refractivity contribution in [2.24, 2.45) is 0 Å². The van der Waals surface area contributed by atoms with E-state index in [1.165, 1.54) is 4.90 Å². The van der Waals surface area contributed by atoms with E-state index in [-0.39, 0.29) is 11.9 Å². The van der Waals surface area contributed by atoms with Crippen LogP contribution >= 0.6 is 0 Å². The summed E-state index contributed by atoms with van der Waals surface area (Å²) >= 11 is 0. The Morgan fingerprint density at radius 1 is 1.37 bits per heavy atom. The quantitative estimate of drug-likeness (QED) is 0.856. The number of hydrogen-bond acceptors (Lipinski definition) is 3. The van der Waals surface area contributed by atoms with E-state index < -0.39 is 5.72 Å². The molecule has 1 aromatic heterocycles. The van der Waals surface area contributed by atoms with Crippen molar-refractivity contribution < 1.29 is 9.90 Å². The Morgan fingerprint density at radius 3 is 2.74 bits per heavy atom. The third-order valence-electron chi connectivity index (χ3n) is 3.45. The molecule has 0 saturated carbocycles. The van der Waals surface area contributed by atoms with Crippen LogP contribution in [0.3, 0.4) is 0 Å². The fourth-order valence-electron chi connectivity index (χ4n) is 2.69. The van der Waals surface area contributed by atoms with E-state index >= 15 is 0 Å². The lowest BCUT2D eigenvalue weighted by Crippen LogP contribution is -2.49. The average Bonchev–Trinajstić information content (AvgIpc) is 2.98. The third-order valence-corrected chi connectivity index (χ3v) is 3.45. The van der Waals surface area contributed by atoms with Crippen LogP contribution in [-0.4, -0.2) is 31.9 Å². The zero-order chi connectivity index (χ0) is 13.6. The van der Waals surface area contributed by atoms with Crippen LogP contribution in [0.15, 0.2) is 36.7 Å². The smallest absolute Gasteiger partial charge is 0.257 e. The molecule has 1 aromatic carbocycles. The Bertz CT molecular complexity index is 621. The molecule has 1 atom stereocenters. The van der Waals surface area contributed by atoms with Crippen LogP contribution in [0.1, 0.15) is 35.6 Å². The number of aromatic amines is 1. The van der Waals surface area contributed by atoms with Crippen molar-refractivity contribution in [3.63, 3.8) is 0 Å². The van der Waals surface area contributed by atoms with Gasteiger partial charge in [-0.3, -0.25) is 9.69 Å². The molecule has 5 nitrogen and oxygen atoms in total. The van der Waals surface area contributed by atoms with E-state index in [2.05, 4.69) is 9.97 Å². The Kier molecular flexibility index (Phi) is 2.46. The highest BCUT2D eigenvalue weighted by molar-refractivity contribution is 6.00. The molecule has 0 saturated heterocycles. The molecule has 0 aliphatic carbocycles. The number of rotatable bonds is 2. The average molecular weight is 257 g/mol. The molecule has 1 amide bonds. The molecule has 19 heavy (non-hydrogen) atoms. The maximum absolute atomic E-state index is 12.5. The summed E-state index contributed by atoms with van der Waals surface area (Å²) in [6, 6.07) is 6.95. The predicted molar refractivity (Wildman–Crippen MR) is 69.3 cm³/mol. The van der Waals surface area contributed by atoms with Gasteiger partial charge in [-0.2, -0.15) is 0 Å². The SMILES string of the molecule is CC(C)N1C(=O)c2ccccc2[C@]1(O)c1ncc[nH]1. The van der Waals surface area contributed by atoms with Gasteiger partial charge in [0.2, 0.25) is 5.72 Å². The van der Waals surface area contributed by atoms with Crippen LogP contribution in [0.4, 0.5) is 0 Å². The molecular weight excluding hydrogens is 242 g/mol. The van der Waals surface area contributed by atoms with Crippen molar-refractivity contribution in [1.29, 1.82) is 0 Å². The number of benzene rings is 1. The zero-order valence-corrected chi connectivity index (χ0v) is 10.8. The number of aromatic nitrogens is 2. The zero-order valence-electron chi connectivity index (χ0n) is 10.8. The van der Waals surface area contributed by atoms with Crippen LogP contribution in [-0.2, 0) is 5.72 Å². The molecule has 0 fully saturated rings.